The van der Waals surface area contributed by atoms with Crippen molar-refractivity contribution in [2.75, 3.05) is 13.2 Å². The van der Waals surface area contributed by atoms with E-state index in [1.165, 1.54) is 6.26 Å². The highest BCUT2D eigenvalue weighted by atomic mass is 32.1. The van der Waals surface area contributed by atoms with Crippen molar-refractivity contribution < 1.29 is 19.4 Å². The minimum Gasteiger partial charge on any atom is -0.508 e. The molecule has 0 fully saturated rings. The third kappa shape index (κ3) is 3.48. The normalized spacial score (nSPS) is 13.7. The second-order valence-electron chi connectivity index (χ2n) is 4.08. The second-order valence-corrected chi connectivity index (χ2v) is 4.56. The molecule has 1 aliphatic heterocycles. The van der Waals surface area contributed by atoms with Crippen LogP contribution in [0.15, 0.2) is 41.8 Å². The van der Waals surface area contributed by atoms with Crippen molar-refractivity contribution in [3.05, 3.63) is 42.4 Å². The van der Waals surface area contributed by atoms with Crippen LogP contribution in [-0.4, -0.2) is 29.1 Å². The molecule has 0 amide bonds. The lowest BCUT2D eigenvalue weighted by molar-refractivity contribution is -0.143. The maximum Gasteiger partial charge on any atom is 0.325 e. The number of rotatable bonds is 4. The molecule has 0 bridgehead atoms. The minimum absolute atomic E-state index is 0.0952. The van der Waals surface area contributed by atoms with E-state index in [0.717, 1.165) is 0 Å². The zero-order valence-electron chi connectivity index (χ0n) is 10.9. The van der Waals surface area contributed by atoms with Crippen LogP contribution in [-0.2, 0) is 14.3 Å². The van der Waals surface area contributed by atoms with E-state index >= 15 is 0 Å². The van der Waals surface area contributed by atoms with Gasteiger partial charge in [0.1, 0.15) is 18.6 Å². The zero-order chi connectivity index (χ0) is 14.5. The van der Waals surface area contributed by atoms with Crippen molar-refractivity contribution in [1.29, 1.82) is 0 Å². The topological polar surface area (TPSA) is 59.0 Å². The highest BCUT2D eigenvalue weighted by molar-refractivity contribution is 7.80. The number of carbonyl (C=O) groups excluding carboxylic acids is 1. The van der Waals surface area contributed by atoms with Gasteiger partial charge in [-0.05, 0) is 25.1 Å². The smallest absolute Gasteiger partial charge is 0.325 e. The van der Waals surface area contributed by atoms with Gasteiger partial charge in [0, 0.05) is 22.9 Å². The number of carbonyl (C=O) groups is 1. The fraction of sp³-hybridized carbons (Fsp3) is 0.214. The van der Waals surface area contributed by atoms with Gasteiger partial charge in [0.15, 0.2) is 5.76 Å². The van der Waals surface area contributed by atoms with Gasteiger partial charge in [0.2, 0.25) is 0 Å². The Balaban J connectivity index is 2.18. The molecule has 1 heterocycles. The third-order valence-electron chi connectivity index (χ3n) is 2.59. The van der Waals surface area contributed by atoms with Crippen molar-refractivity contribution in [2.45, 2.75) is 11.8 Å². The molecule has 20 heavy (non-hydrogen) atoms. The highest BCUT2D eigenvalue weighted by Gasteiger charge is 2.15. The Bertz CT molecular complexity index is 568. The summed E-state index contributed by atoms with van der Waals surface area (Å²) in [4.78, 5) is 13.8. The Hall–Kier alpha value is -2.08. The predicted molar refractivity (Wildman–Crippen MR) is 76.9 cm³/mol. The number of hydrogen-bond acceptors (Lipinski definition) is 6. The monoisotopic (exact) mass is 293 g/mol. The second kappa shape index (κ2) is 6.38. The number of aromatic hydroxyl groups is 1. The fourth-order valence-electron chi connectivity index (χ4n) is 1.71. The van der Waals surface area contributed by atoms with Crippen LogP contribution in [0.5, 0.6) is 5.75 Å². The van der Waals surface area contributed by atoms with Crippen LogP contribution in [0.25, 0.3) is 5.76 Å². The Morgan fingerprint density at radius 1 is 1.50 bits per heavy atom. The number of benzene rings is 1. The molecule has 0 saturated carbocycles. The molecule has 0 radical (unpaired) electrons. The van der Waals surface area contributed by atoms with Crippen LogP contribution < -0.4 is 0 Å². The SMILES string of the molecule is CCOC(=O)CN1C=COC(c2cc(O)ccc2S)=C1. The molecule has 106 valence electrons. The fourth-order valence-corrected chi connectivity index (χ4v) is 1.96. The summed E-state index contributed by atoms with van der Waals surface area (Å²) in [6, 6.07) is 4.77. The molecule has 0 unspecified atom stereocenters. The number of ether oxygens (including phenoxy) is 2. The van der Waals surface area contributed by atoms with Gasteiger partial charge in [-0.2, -0.15) is 0 Å². The van der Waals surface area contributed by atoms with Crippen LogP contribution >= 0.6 is 12.6 Å². The van der Waals surface area contributed by atoms with E-state index in [1.807, 2.05) is 0 Å². The Morgan fingerprint density at radius 2 is 2.30 bits per heavy atom. The summed E-state index contributed by atoms with van der Waals surface area (Å²) in [7, 11) is 0. The molecule has 5 nitrogen and oxygen atoms in total. The van der Waals surface area contributed by atoms with E-state index in [9.17, 15) is 9.90 Å². The summed E-state index contributed by atoms with van der Waals surface area (Å²) in [5.74, 6) is 0.295. The molecule has 1 aromatic rings. The van der Waals surface area contributed by atoms with E-state index in [4.69, 9.17) is 9.47 Å². The summed E-state index contributed by atoms with van der Waals surface area (Å²) in [5.41, 5.74) is 0.645. The Labute approximate surface area is 122 Å². The molecule has 2 rings (SSSR count). The summed E-state index contributed by atoms with van der Waals surface area (Å²) in [5, 5.41) is 9.53. The Kier molecular flexibility index (Phi) is 4.57. The maximum absolute atomic E-state index is 11.5. The summed E-state index contributed by atoms with van der Waals surface area (Å²) >= 11 is 4.32. The molecule has 0 spiro atoms. The van der Waals surface area contributed by atoms with Crippen LogP contribution in [0.4, 0.5) is 0 Å². The molecule has 1 N–H and O–H groups in total. The molecule has 0 atom stereocenters. The number of thiol groups is 1. The third-order valence-corrected chi connectivity index (χ3v) is 2.98. The predicted octanol–water partition coefficient (Wildman–Crippen LogP) is 2.35. The molecule has 0 saturated heterocycles. The number of nitrogens with zero attached hydrogens (tertiary/aromatic N) is 1. The lowest BCUT2D eigenvalue weighted by Crippen LogP contribution is -2.24. The molecule has 6 heteroatoms. The van der Waals surface area contributed by atoms with Gasteiger partial charge in [0.05, 0.1) is 6.61 Å². The first kappa shape index (κ1) is 14.3. The van der Waals surface area contributed by atoms with E-state index in [0.29, 0.717) is 22.8 Å². The molecule has 1 aromatic carbocycles. The lowest BCUT2D eigenvalue weighted by atomic mass is 10.1. The van der Waals surface area contributed by atoms with Crippen LogP contribution in [0.3, 0.4) is 0 Å². The van der Waals surface area contributed by atoms with Crippen molar-refractivity contribution in [1.82, 2.24) is 4.90 Å². The Morgan fingerprint density at radius 3 is 3.05 bits per heavy atom. The van der Waals surface area contributed by atoms with E-state index in [1.54, 1.807) is 42.4 Å². The first-order chi connectivity index (χ1) is 9.60. The van der Waals surface area contributed by atoms with E-state index < -0.39 is 0 Å². The first-order valence-electron chi connectivity index (χ1n) is 6.09. The van der Waals surface area contributed by atoms with E-state index in [-0.39, 0.29) is 18.3 Å². The van der Waals surface area contributed by atoms with E-state index in [2.05, 4.69) is 12.6 Å². The quantitative estimate of drug-likeness (QED) is 0.659. The average molecular weight is 293 g/mol. The summed E-state index contributed by atoms with van der Waals surface area (Å²) in [6.07, 6.45) is 4.75. The molecular formula is C14H15NO4S. The van der Waals surface area contributed by atoms with Crippen molar-refractivity contribution >= 4 is 24.4 Å². The van der Waals surface area contributed by atoms with Gasteiger partial charge in [-0.1, -0.05) is 0 Å². The highest BCUT2D eigenvalue weighted by Crippen LogP contribution is 2.29. The number of hydrogen-bond donors (Lipinski definition) is 2. The zero-order valence-corrected chi connectivity index (χ0v) is 11.8. The summed E-state index contributed by atoms with van der Waals surface area (Å²) in [6.45, 7) is 2.20. The van der Waals surface area contributed by atoms with Crippen molar-refractivity contribution in [3.63, 3.8) is 0 Å². The van der Waals surface area contributed by atoms with Gasteiger partial charge in [-0.25, -0.2) is 0 Å². The van der Waals surface area contributed by atoms with Crippen molar-refractivity contribution in [3.8, 4) is 5.75 Å². The van der Waals surface area contributed by atoms with Crippen LogP contribution in [0, 0.1) is 0 Å². The largest absolute Gasteiger partial charge is 0.508 e. The van der Waals surface area contributed by atoms with Crippen molar-refractivity contribution in [2.24, 2.45) is 0 Å². The lowest BCUT2D eigenvalue weighted by Gasteiger charge is -2.21. The minimum atomic E-state index is -0.323. The van der Waals surface area contributed by atoms with Gasteiger partial charge in [-0.15, -0.1) is 12.6 Å². The molecule has 0 aliphatic carbocycles. The average Bonchev–Trinajstić information content (AvgIpc) is 2.42. The van der Waals surface area contributed by atoms with Crippen LogP contribution in [0.2, 0.25) is 0 Å². The van der Waals surface area contributed by atoms with Gasteiger partial charge in [0.25, 0.3) is 0 Å². The summed E-state index contributed by atoms with van der Waals surface area (Å²) < 4.78 is 10.3. The standard InChI is InChI=1S/C14H15NO4S/c1-2-18-14(17)9-15-5-6-19-12(8-15)11-7-10(16)3-4-13(11)20/h3-8,16,20H,2,9H2,1H3. The molecule has 1 aliphatic rings. The number of esters is 1. The maximum atomic E-state index is 11.5. The molecule has 0 aromatic heterocycles. The van der Waals surface area contributed by atoms with Gasteiger partial charge in [-0.3, -0.25) is 4.79 Å². The van der Waals surface area contributed by atoms with Gasteiger partial charge < -0.3 is 19.5 Å². The number of phenols is 1. The van der Waals surface area contributed by atoms with Gasteiger partial charge >= 0.3 is 5.97 Å². The molecular weight excluding hydrogens is 278 g/mol. The first-order valence-corrected chi connectivity index (χ1v) is 6.53. The number of phenolic OH excluding ortho intramolecular Hbond substituents is 1. The van der Waals surface area contributed by atoms with Crippen LogP contribution in [0.1, 0.15) is 12.5 Å².